The molecule has 1 unspecified atom stereocenters. The molecule has 1 N–H and O–H groups in total. The molecule has 0 aliphatic rings. The van der Waals surface area contributed by atoms with Crippen LogP contribution in [0.1, 0.15) is 17.7 Å². The summed E-state index contributed by atoms with van der Waals surface area (Å²) in [5, 5.41) is 7.59. The van der Waals surface area contributed by atoms with E-state index in [0.717, 1.165) is 5.56 Å². The van der Waals surface area contributed by atoms with E-state index in [4.69, 9.17) is 23.2 Å². The van der Waals surface area contributed by atoms with Crippen molar-refractivity contribution in [1.82, 2.24) is 15.2 Å². The molecule has 2 aromatic rings. The van der Waals surface area contributed by atoms with E-state index in [9.17, 15) is 4.79 Å². The molecule has 0 aliphatic carbocycles. The van der Waals surface area contributed by atoms with Crippen LogP contribution in [0.3, 0.4) is 0 Å². The third kappa shape index (κ3) is 3.04. The van der Waals surface area contributed by atoms with Gasteiger partial charge in [-0.2, -0.15) is 5.10 Å². The van der Waals surface area contributed by atoms with E-state index in [1.807, 2.05) is 0 Å². The average molecular weight is 302 g/mol. The molecule has 0 aliphatic heterocycles. The van der Waals surface area contributed by atoms with E-state index in [1.54, 1.807) is 18.2 Å². The van der Waals surface area contributed by atoms with Gasteiger partial charge in [-0.1, -0.05) is 41.0 Å². The number of thioether (sulfide) groups is 1. The summed E-state index contributed by atoms with van der Waals surface area (Å²) in [6, 6.07) is 5.08. The zero-order valence-corrected chi connectivity index (χ0v) is 11.7. The molecular weight excluding hydrogens is 293 g/mol. The normalized spacial score (nSPS) is 12.4. The Balaban J connectivity index is 2.32. The summed E-state index contributed by atoms with van der Waals surface area (Å²) in [5.74, 6) is -0.0133. The van der Waals surface area contributed by atoms with Crippen molar-refractivity contribution in [1.29, 1.82) is 0 Å². The number of nitrogens with one attached hydrogen (secondary N) is 1. The number of nitrogens with zero attached hydrogens (tertiary/aromatic N) is 2. The molecule has 1 atom stereocenters. The largest absolute Gasteiger partial charge is 0.298 e. The monoisotopic (exact) mass is 301 g/mol. The lowest BCUT2D eigenvalue weighted by Crippen LogP contribution is -2.06. The molecule has 18 heavy (non-hydrogen) atoms. The number of Topliss-reactive ketones (excluding diaryl/α,β-unsaturated/α-hetero) is 1. The van der Waals surface area contributed by atoms with Crippen LogP contribution in [0.5, 0.6) is 0 Å². The first kappa shape index (κ1) is 13.4. The molecule has 1 heterocycles. The third-order valence-electron chi connectivity index (χ3n) is 2.24. The zero-order valence-electron chi connectivity index (χ0n) is 9.35. The highest BCUT2D eigenvalue weighted by Gasteiger charge is 2.22. The molecule has 0 radical (unpaired) electrons. The summed E-state index contributed by atoms with van der Waals surface area (Å²) in [5.41, 5.74) is 0.718. The topological polar surface area (TPSA) is 58.6 Å². The molecule has 0 amide bonds. The minimum Gasteiger partial charge on any atom is -0.298 e. The van der Waals surface area contributed by atoms with Gasteiger partial charge in [0.05, 0.1) is 5.25 Å². The van der Waals surface area contributed by atoms with Crippen LogP contribution in [-0.2, 0) is 4.79 Å². The molecule has 0 saturated carbocycles. The third-order valence-corrected chi connectivity index (χ3v) is 4.04. The number of hydrogen-bond acceptors (Lipinski definition) is 4. The number of rotatable bonds is 4. The fourth-order valence-corrected chi connectivity index (χ4v) is 2.96. The number of hydrogen-bond donors (Lipinski definition) is 1. The van der Waals surface area contributed by atoms with Gasteiger partial charge in [0.15, 0.2) is 5.16 Å². The maximum absolute atomic E-state index is 11.7. The quantitative estimate of drug-likeness (QED) is 0.878. The lowest BCUT2D eigenvalue weighted by Gasteiger charge is -2.13. The Morgan fingerprint density at radius 1 is 1.44 bits per heavy atom. The number of carbonyl (C=O) groups is 1. The number of halogens is 2. The summed E-state index contributed by atoms with van der Waals surface area (Å²) in [4.78, 5) is 15.7. The van der Waals surface area contributed by atoms with Crippen LogP contribution >= 0.6 is 35.0 Å². The molecule has 1 aromatic heterocycles. The van der Waals surface area contributed by atoms with E-state index in [1.165, 1.54) is 25.0 Å². The summed E-state index contributed by atoms with van der Waals surface area (Å²) < 4.78 is 0. The fourth-order valence-electron chi connectivity index (χ4n) is 1.44. The second-order valence-electron chi connectivity index (χ2n) is 3.57. The highest BCUT2D eigenvalue weighted by atomic mass is 35.5. The maximum atomic E-state index is 11.7. The fraction of sp³-hybridized carbons (Fsp3) is 0.182. The summed E-state index contributed by atoms with van der Waals surface area (Å²) in [6.07, 6.45) is 1.39. The molecule has 2 rings (SSSR count). The van der Waals surface area contributed by atoms with Crippen molar-refractivity contribution in [2.45, 2.75) is 17.3 Å². The minimum absolute atomic E-state index is 0.0133. The van der Waals surface area contributed by atoms with Crippen molar-refractivity contribution < 1.29 is 4.79 Å². The van der Waals surface area contributed by atoms with Crippen LogP contribution in [-0.4, -0.2) is 21.0 Å². The number of aromatic nitrogens is 3. The Kier molecular flexibility index (Phi) is 4.27. The summed E-state index contributed by atoms with van der Waals surface area (Å²) in [6.45, 7) is 1.51. The lowest BCUT2D eigenvalue weighted by molar-refractivity contribution is -0.116. The van der Waals surface area contributed by atoms with Crippen molar-refractivity contribution in [3.05, 3.63) is 40.1 Å². The Bertz CT molecular complexity index is 559. The van der Waals surface area contributed by atoms with Crippen molar-refractivity contribution in [2.24, 2.45) is 0 Å². The van der Waals surface area contributed by atoms with E-state index < -0.39 is 5.25 Å². The zero-order chi connectivity index (χ0) is 13.1. The first-order valence-electron chi connectivity index (χ1n) is 5.05. The first-order valence-corrected chi connectivity index (χ1v) is 6.69. The molecule has 7 heteroatoms. The Morgan fingerprint density at radius 3 is 2.78 bits per heavy atom. The minimum atomic E-state index is -0.428. The second kappa shape index (κ2) is 5.73. The standard InChI is InChI=1S/C11H9Cl2N3OS/c1-6(17)10(18-11-14-5-15-16-11)8-3-2-7(12)4-9(8)13/h2-5,10H,1H3,(H,14,15,16). The van der Waals surface area contributed by atoms with Crippen LogP contribution in [0.15, 0.2) is 29.7 Å². The van der Waals surface area contributed by atoms with Gasteiger partial charge in [-0.15, -0.1) is 0 Å². The van der Waals surface area contributed by atoms with E-state index in [2.05, 4.69) is 15.2 Å². The van der Waals surface area contributed by atoms with Gasteiger partial charge in [-0.25, -0.2) is 4.98 Å². The van der Waals surface area contributed by atoms with Crippen LogP contribution in [0.25, 0.3) is 0 Å². The van der Waals surface area contributed by atoms with Gasteiger partial charge in [-0.3, -0.25) is 9.89 Å². The number of H-pyrrole nitrogens is 1. The molecule has 1 aromatic carbocycles. The highest BCUT2D eigenvalue weighted by molar-refractivity contribution is 8.00. The van der Waals surface area contributed by atoms with Gasteiger partial charge in [-0.05, 0) is 24.6 Å². The van der Waals surface area contributed by atoms with Gasteiger partial charge in [0, 0.05) is 10.0 Å². The van der Waals surface area contributed by atoms with Gasteiger partial charge in [0.2, 0.25) is 0 Å². The lowest BCUT2D eigenvalue weighted by atomic mass is 10.1. The predicted octanol–water partition coefficient (Wildman–Crippen LogP) is 3.53. The Hall–Kier alpha value is -1.04. The highest BCUT2D eigenvalue weighted by Crippen LogP contribution is 2.38. The molecule has 0 saturated heterocycles. The van der Waals surface area contributed by atoms with Crippen molar-refractivity contribution in [3.63, 3.8) is 0 Å². The van der Waals surface area contributed by atoms with Crippen molar-refractivity contribution in [2.75, 3.05) is 0 Å². The molecule has 0 bridgehead atoms. The number of ketones is 1. The number of aromatic amines is 1. The molecule has 94 valence electrons. The van der Waals surface area contributed by atoms with Crippen molar-refractivity contribution >= 4 is 40.7 Å². The van der Waals surface area contributed by atoms with Gasteiger partial charge in [0.1, 0.15) is 12.1 Å². The second-order valence-corrected chi connectivity index (χ2v) is 5.50. The van der Waals surface area contributed by atoms with Crippen LogP contribution in [0, 0.1) is 0 Å². The van der Waals surface area contributed by atoms with Crippen LogP contribution in [0.2, 0.25) is 10.0 Å². The first-order chi connectivity index (χ1) is 8.58. The van der Waals surface area contributed by atoms with Gasteiger partial charge < -0.3 is 0 Å². The smallest absolute Gasteiger partial charge is 0.184 e. The van der Waals surface area contributed by atoms with Crippen LogP contribution in [0.4, 0.5) is 0 Å². The number of carbonyl (C=O) groups excluding carboxylic acids is 1. The molecule has 0 spiro atoms. The van der Waals surface area contributed by atoms with Gasteiger partial charge in [0.25, 0.3) is 0 Å². The predicted molar refractivity (Wildman–Crippen MR) is 72.1 cm³/mol. The Labute approximate surface area is 118 Å². The van der Waals surface area contributed by atoms with Crippen LogP contribution < -0.4 is 0 Å². The summed E-state index contributed by atoms with van der Waals surface area (Å²) in [7, 11) is 0. The molecule has 4 nitrogen and oxygen atoms in total. The van der Waals surface area contributed by atoms with Crippen molar-refractivity contribution in [3.8, 4) is 0 Å². The van der Waals surface area contributed by atoms with E-state index >= 15 is 0 Å². The summed E-state index contributed by atoms with van der Waals surface area (Å²) >= 11 is 13.2. The Morgan fingerprint density at radius 2 is 2.22 bits per heavy atom. The SMILES string of the molecule is CC(=O)C(Sc1ncn[nH]1)c1ccc(Cl)cc1Cl. The van der Waals surface area contributed by atoms with Gasteiger partial charge >= 0.3 is 0 Å². The van der Waals surface area contributed by atoms with E-state index in [-0.39, 0.29) is 5.78 Å². The average Bonchev–Trinajstić information content (AvgIpc) is 2.79. The molecule has 0 fully saturated rings. The molecular formula is C11H9Cl2N3OS. The van der Waals surface area contributed by atoms with E-state index in [0.29, 0.717) is 15.2 Å². The number of benzene rings is 1. The maximum Gasteiger partial charge on any atom is 0.184 e.